The number of aromatic nitrogens is 2. The lowest BCUT2D eigenvalue weighted by Crippen LogP contribution is -2.19. The van der Waals surface area contributed by atoms with Gasteiger partial charge in [0.05, 0.1) is 29.5 Å². The summed E-state index contributed by atoms with van der Waals surface area (Å²) < 4.78 is 41.5. The Labute approximate surface area is 182 Å². The quantitative estimate of drug-likeness (QED) is 0.400. The fourth-order valence-electron chi connectivity index (χ4n) is 3.05. The molecule has 0 unspecified atom stereocenters. The molecule has 0 bridgehead atoms. The number of nitrogens with zero attached hydrogens (tertiary/aromatic N) is 1. The highest BCUT2D eigenvalue weighted by molar-refractivity contribution is 7.92. The molecule has 0 fully saturated rings. The fraction of sp³-hybridized carbons (Fsp3) is 0.0476. The van der Waals surface area contributed by atoms with Gasteiger partial charge in [-0.15, -0.1) is 0 Å². The number of fused-ring (bicyclic) bond motifs is 1. The molecule has 158 valence electrons. The maximum absolute atomic E-state index is 14.0. The van der Waals surface area contributed by atoms with Crippen molar-refractivity contribution in [2.45, 2.75) is 11.3 Å². The molecule has 0 aliphatic rings. The van der Waals surface area contributed by atoms with Crippen LogP contribution in [0.15, 0.2) is 71.8 Å². The molecule has 3 N–H and O–H groups in total. The predicted molar refractivity (Wildman–Crippen MR) is 117 cm³/mol. The van der Waals surface area contributed by atoms with Crippen LogP contribution in [0.2, 0.25) is 5.02 Å². The summed E-state index contributed by atoms with van der Waals surface area (Å²) in [5.41, 5.74) is 1.75. The first-order valence-electron chi connectivity index (χ1n) is 9.10. The third kappa shape index (κ3) is 4.68. The molecule has 1 amide bonds. The van der Waals surface area contributed by atoms with Crippen molar-refractivity contribution in [2.75, 3.05) is 10.0 Å². The Bertz CT molecular complexity index is 1390. The van der Waals surface area contributed by atoms with Gasteiger partial charge in [0, 0.05) is 10.4 Å². The van der Waals surface area contributed by atoms with Gasteiger partial charge in [-0.05, 0) is 42.0 Å². The molecule has 4 rings (SSSR count). The summed E-state index contributed by atoms with van der Waals surface area (Å²) >= 11 is 6.03. The predicted octanol–water partition coefficient (Wildman–Crippen LogP) is 4.34. The summed E-state index contributed by atoms with van der Waals surface area (Å²) in [5, 5.41) is 10.7. The van der Waals surface area contributed by atoms with E-state index in [1.54, 1.807) is 12.3 Å². The average molecular weight is 459 g/mol. The molecule has 0 spiro atoms. The van der Waals surface area contributed by atoms with Gasteiger partial charge in [-0.1, -0.05) is 35.9 Å². The number of sulfonamides is 1. The highest BCUT2D eigenvalue weighted by Gasteiger charge is 2.20. The molecular formula is C21H16ClFN4O3S. The molecule has 0 radical (unpaired) electrons. The van der Waals surface area contributed by atoms with Crippen molar-refractivity contribution in [1.82, 2.24) is 10.2 Å². The summed E-state index contributed by atoms with van der Waals surface area (Å²) in [7, 11) is -4.22. The topological polar surface area (TPSA) is 104 Å². The number of hydrogen-bond donors (Lipinski definition) is 3. The van der Waals surface area contributed by atoms with Gasteiger partial charge in [-0.2, -0.15) is 5.10 Å². The van der Waals surface area contributed by atoms with Gasteiger partial charge < -0.3 is 5.32 Å². The maximum atomic E-state index is 14.0. The lowest BCUT2D eigenvalue weighted by molar-refractivity contribution is -0.115. The number of rotatable bonds is 6. The maximum Gasteiger partial charge on any atom is 0.264 e. The third-order valence-electron chi connectivity index (χ3n) is 4.50. The summed E-state index contributed by atoms with van der Waals surface area (Å²) in [4.78, 5) is 12.1. The SMILES string of the molecule is O=C(Cc1ccc2cn[nH]c2c1)Nc1cc(Cl)ccc1NS(=O)(=O)c1ccccc1F. The van der Waals surface area contributed by atoms with Crippen molar-refractivity contribution in [3.05, 3.63) is 83.3 Å². The monoisotopic (exact) mass is 458 g/mol. The van der Waals surface area contributed by atoms with Gasteiger partial charge in [0.1, 0.15) is 10.7 Å². The van der Waals surface area contributed by atoms with Crippen molar-refractivity contribution in [2.24, 2.45) is 0 Å². The molecule has 1 aromatic heterocycles. The molecule has 3 aromatic carbocycles. The zero-order valence-electron chi connectivity index (χ0n) is 15.9. The van der Waals surface area contributed by atoms with Crippen LogP contribution in [0.4, 0.5) is 15.8 Å². The van der Waals surface area contributed by atoms with Crippen LogP contribution < -0.4 is 10.0 Å². The minimum atomic E-state index is -4.22. The van der Waals surface area contributed by atoms with Crippen LogP contribution in [0.3, 0.4) is 0 Å². The summed E-state index contributed by atoms with van der Waals surface area (Å²) in [6.07, 6.45) is 1.72. The number of anilines is 2. The van der Waals surface area contributed by atoms with E-state index in [-0.39, 0.29) is 23.7 Å². The first-order chi connectivity index (χ1) is 14.8. The number of benzene rings is 3. The smallest absolute Gasteiger partial charge is 0.264 e. The van der Waals surface area contributed by atoms with Gasteiger partial charge in [-0.25, -0.2) is 12.8 Å². The van der Waals surface area contributed by atoms with E-state index in [9.17, 15) is 17.6 Å². The number of nitrogens with one attached hydrogen (secondary N) is 3. The summed E-state index contributed by atoms with van der Waals surface area (Å²) in [6, 6.07) is 14.7. The van der Waals surface area contributed by atoms with Crippen molar-refractivity contribution < 1.29 is 17.6 Å². The molecule has 0 saturated heterocycles. The van der Waals surface area contributed by atoms with Crippen LogP contribution in [0.5, 0.6) is 0 Å². The normalized spacial score (nSPS) is 11.4. The Kier molecular flexibility index (Phi) is 5.62. The Morgan fingerprint density at radius 1 is 1.06 bits per heavy atom. The van der Waals surface area contributed by atoms with E-state index < -0.39 is 20.7 Å². The van der Waals surface area contributed by atoms with Crippen molar-refractivity contribution in [3.8, 4) is 0 Å². The number of hydrogen-bond acceptors (Lipinski definition) is 4. The fourth-order valence-corrected chi connectivity index (χ4v) is 4.38. The largest absolute Gasteiger partial charge is 0.324 e. The van der Waals surface area contributed by atoms with Crippen LogP contribution >= 0.6 is 11.6 Å². The molecule has 0 atom stereocenters. The summed E-state index contributed by atoms with van der Waals surface area (Å²) in [6.45, 7) is 0. The molecule has 4 aromatic rings. The molecule has 0 saturated carbocycles. The number of carbonyl (C=O) groups excluding carboxylic acids is 1. The molecule has 0 aliphatic heterocycles. The van der Waals surface area contributed by atoms with E-state index in [1.807, 2.05) is 12.1 Å². The molecule has 10 heteroatoms. The minimum Gasteiger partial charge on any atom is -0.324 e. The Hall–Kier alpha value is -3.43. The third-order valence-corrected chi connectivity index (χ3v) is 6.13. The molecule has 7 nitrogen and oxygen atoms in total. The summed E-state index contributed by atoms with van der Waals surface area (Å²) in [5.74, 6) is -1.27. The van der Waals surface area contributed by atoms with Crippen molar-refractivity contribution >= 4 is 49.8 Å². The standard InChI is InChI=1S/C21H16ClFN4O3S/c22-15-7-8-17(27-31(29,30)20-4-2-1-3-16(20)23)19(11-15)25-21(28)10-13-5-6-14-12-24-26-18(14)9-13/h1-9,11-12,27H,10H2,(H,24,26)(H,25,28). The minimum absolute atomic E-state index is 0.0426. The van der Waals surface area contributed by atoms with Gasteiger partial charge in [0.2, 0.25) is 5.91 Å². The van der Waals surface area contributed by atoms with E-state index in [0.717, 1.165) is 28.6 Å². The van der Waals surface area contributed by atoms with Gasteiger partial charge in [0.25, 0.3) is 10.0 Å². The van der Waals surface area contributed by atoms with E-state index in [1.165, 1.54) is 30.3 Å². The number of amides is 1. The van der Waals surface area contributed by atoms with Gasteiger partial charge in [-0.3, -0.25) is 14.6 Å². The molecule has 31 heavy (non-hydrogen) atoms. The second-order valence-corrected chi connectivity index (χ2v) is 8.83. The second-order valence-electron chi connectivity index (χ2n) is 6.74. The van der Waals surface area contributed by atoms with Crippen LogP contribution in [-0.4, -0.2) is 24.5 Å². The van der Waals surface area contributed by atoms with E-state index in [0.29, 0.717) is 5.02 Å². The first kappa shape index (κ1) is 20.8. The highest BCUT2D eigenvalue weighted by atomic mass is 35.5. The van der Waals surface area contributed by atoms with Crippen LogP contribution in [0.25, 0.3) is 10.9 Å². The van der Waals surface area contributed by atoms with Gasteiger partial charge in [0.15, 0.2) is 0 Å². The van der Waals surface area contributed by atoms with E-state index in [4.69, 9.17) is 11.6 Å². The van der Waals surface area contributed by atoms with Crippen LogP contribution in [-0.2, 0) is 21.2 Å². The van der Waals surface area contributed by atoms with E-state index in [2.05, 4.69) is 20.2 Å². The van der Waals surface area contributed by atoms with E-state index >= 15 is 0 Å². The van der Waals surface area contributed by atoms with Crippen molar-refractivity contribution in [3.63, 3.8) is 0 Å². The number of carbonyl (C=O) groups is 1. The zero-order valence-corrected chi connectivity index (χ0v) is 17.5. The Balaban J connectivity index is 1.56. The van der Waals surface area contributed by atoms with Gasteiger partial charge >= 0.3 is 0 Å². The Morgan fingerprint density at radius 3 is 2.68 bits per heavy atom. The number of halogens is 2. The average Bonchev–Trinajstić information content (AvgIpc) is 3.18. The lowest BCUT2D eigenvalue weighted by atomic mass is 10.1. The van der Waals surface area contributed by atoms with Crippen molar-refractivity contribution in [1.29, 1.82) is 0 Å². The number of H-pyrrole nitrogens is 1. The lowest BCUT2D eigenvalue weighted by Gasteiger charge is -2.14. The number of aromatic amines is 1. The zero-order chi connectivity index (χ0) is 22.0. The molecule has 1 heterocycles. The highest BCUT2D eigenvalue weighted by Crippen LogP contribution is 2.29. The molecule has 0 aliphatic carbocycles. The molecular weight excluding hydrogens is 443 g/mol. The van der Waals surface area contributed by atoms with Crippen LogP contribution in [0.1, 0.15) is 5.56 Å². The van der Waals surface area contributed by atoms with Crippen LogP contribution in [0, 0.1) is 5.82 Å². The first-order valence-corrected chi connectivity index (χ1v) is 11.0. The second kappa shape index (κ2) is 8.37. The Morgan fingerprint density at radius 2 is 1.87 bits per heavy atom.